The molecule has 4 aromatic heterocycles. The monoisotopic (exact) mass is 705 g/mol. The van der Waals surface area contributed by atoms with E-state index >= 15 is 0 Å². The molecule has 5 heterocycles. The first kappa shape index (κ1) is 29.6. The van der Waals surface area contributed by atoms with Crippen LogP contribution in [0.5, 0.6) is 0 Å². The Kier molecular flexibility index (Phi) is 5.92. The van der Waals surface area contributed by atoms with Crippen LogP contribution in [0.1, 0.15) is 22.3 Å². The van der Waals surface area contributed by atoms with Gasteiger partial charge in [-0.15, -0.1) is 0 Å². The molecular formula is C48H27N5S. The summed E-state index contributed by atoms with van der Waals surface area (Å²) in [6, 6.07) is 54.3. The predicted molar refractivity (Wildman–Crippen MR) is 218 cm³/mol. The van der Waals surface area contributed by atoms with Crippen molar-refractivity contribution in [2.45, 2.75) is 15.2 Å². The topological polar surface area (TPSA) is 40.0 Å². The minimum absolute atomic E-state index is 0.637. The molecule has 0 atom stereocenters. The van der Waals surface area contributed by atoms with Crippen LogP contribution in [0, 0.1) is 6.57 Å². The zero-order chi connectivity index (χ0) is 35.5. The maximum absolute atomic E-state index is 7.79. The number of para-hydroxylation sites is 3. The lowest BCUT2D eigenvalue weighted by Crippen LogP contribution is -2.33. The molecule has 1 spiro atoms. The molecule has 10 aromatic rings. The first-order valence-electron chi connectivity index (χ1n) is 18.0. The Hall–Kier alpha value is -6.94. The van der Waals surface area contributed by atoms with Crippen molar-refractivity contribution < 1.29 is 0 Å². The second kappa shape index (κ2) is 10.8. The third-order valence-electron chi connectivity index (χ3n) is 11.5. The summed E-state index contributed by atoms with van der Waals surface area (Å²) in [5.41, 5.74) is 13.3. The number of hydrogen-bond acceptors (Lipinski definition) is 3. The molecule has 250 valence electrons. The highest BCUT2D eigenvalue weighted by molar-refractivity contribution is 7.99. The number of pyridine rings is 2. The molecule has 5 nitrogen and oxygen atoms in total. The van der Waals surface area contributed by atoms with Crippen LogP contribution in [0.4, 0.5) is 5.69 Å². The van der Waals surface area contributed by atoms with Gasteiger partial charge in [0, 0.05) is 38.3 Å². The van der Waals surface area contributed by atoms with Gasteiger partial charge in [0.15, 0.2) is 5.69 Å². The van der Waals surface area contributed by atoms with Gasteiger partial charge in [-0.2, -0.15) is 0 Å². The van der Waals surface area contributed by atoms with E-state index in [9.17, 15) is 0 Å². The van der Waals surface area contributed by atoms with Gasteiger partial charge in [0.2, 0.25) is 0 Å². The van der Waals surface area contributed by atoms with Crippen molar-refractivity contribution in [1.82, 2.24) is 19.1 Å². The van der Waals surface area contributed by atoms with E-state index in [-0.39, 0.29) is 0 Å². The van der Waals surface area contributed by atoms with Crippen molar-refractivity contribution in [1.29, 1.82) is 0 Å². The van der Waals surface area contributed by atoms with Crippen LogP contribution in [0.25, 0.3) is 71.2 Å². The van der Waals surface area contributed by atoms with Gasteiger partial charge in [-0.3, -0.25) is 9.97 Å². The van der Waals surface area contributed by atoms with Gasteiger partial charge < -0.3 is 9.13 Å². The highest BCUT2D eigenvalue weighted by Crippen LogP contribution is 2.63. The van der Waals surface area contributed by atoms with Crippen molar-refractivity contribution in [3.8, 4) is 22.8 Å². The van der Waals surface area contributed by atoms with E-state index in [1.165, 1.54) is 42.7 Å². The van der Waals surface area contributed by atoms with Crippen molar-refractivity contribution in [2.75, 3.05) is 0 Å². The van der Waals surface area contributed by atoms with Crippen LogP contribution in [0.15, 0.2) is 174 Å². The molecule has 0 saturated heterocycles. The highest BCUT2D eigenvalue weighted by Gasteiger charge is 2.52. The fourth-order valence-electron chi connectivity index (χ4n) is 9.44. The summed E-state index contributed by atoms with van der Waals surface area (Å²) in [4.78, 5) is 16.2. The number of aromatic nitrogens is 4. The van der Waals surface area contributed by atoms with Crippen molar-refractivity contribution >= 4 is 61.1 Å². The first-order valence-corrected chi connectivity index (χ1v) is 18.8. The van der Waals surface area contributed by atoms with E-state index in [0.29, 0.717) is 5.69 Å². The third-order valence-corrected chi connectivity index (χ3v) is 12.8. The van der Waals surface area contributed by atoms with Crippen LogP contribution >= 0.6 is 11.8 Å². The third kappa shape index (κ3) is 3.64. The minimum Gasteiger partial charge on any atom is -0.308 e. The van der Waals surface area contributed by atoms with Gasteiger partial charge in [-0.1, -0.05) is 109 Å². The minimum atomic E-state index is -0.677. The Balaban J connectivity index is 1.25. The van der Waals surface area contributed by atoms with Crippen LogP contribution in [0.2, 0.25) is 0 Å². The lowest BCUT2D eigenvalue weighted by atomic mass is 9.67. The van der Waals surface area contributed by atoms with E-state index in [4.69, 9.17) is 16.5 Å². The summed E-state index contributed by atoms with van der Waals surface area (Å²) >= 11 is 1.85. The van der Waals surface area contributed by atoms with Crippen LogP contribution in [-0.4, -0.2) is 19.1 Å². The summed E-state index contributed by atoms with van der Waals surface area (Å²) in [7, 11) is 0. The molecule has 0 saturated carbocycles. The van der Waals surface area contributed by atoms with E-state index in [1.54, 1.807) is 0 Å². The quantitative estimate of drug-likeness (QED) is 0.168. The smallest absolute Gasteiger partial charge is 0.188 e. The van der Waals surface area contributed by atoms with Gasteiger partial charge in [-0.25, -0.2) is 4.85 Å². The summed E-state index contributed by atoms with van der Waals surface area (Å²) in [6.45, 7) is 7.79. The Morgan fingerprint density at radius 2 is 0.926 bits per heavy atom. The van der Waals surface area contributed by atoms with E-state index < -0.39 is 5.41 Å². The number of nitrogens with zero attached hydrogens (tertiary/aromatic N) is 5. The number of hydrogen-bond donors (Lipinski definition) is 0. The second-order valence-electron chi connectivity index (χ2n) is 14.0. The molecule has 6 heteroatoms. The van der Waals surface area contributed by atoms with Crippen molar-refractivity contribution in [3.05, 3.63) is 198 Å². The lowest BCUT2D eigenvalue weighted by molar-refractivity contribution is 0.714. The molecule has 0 unspecified atom stereocenters. The highest BCUT2D eigenvalue weighted by atomic mass is 32.2. The molecule has 0 fully saturated rings. The summed E-state index contributed by atoms with van der Waals surface area (Å²) in [6.07, 6.45) is 3.77. The van der Waals surface area contributed by atoms with Gasteiger partial charge in [0.1, 0.15) is 0 Å². The first-order chi connectivity index (χ1) is 26.8. The van der Waals surface area contributed by atoms with Crippen LogP contribution in [0.3, 0.4) is 0 Å². The summed E-state index contributed by atoms with van der Waals surface area (Å²) in [5, 5.41) is 4.67. The Bertz CT molecular complexity index is 3190. The molecular weight excluding hydrogens is 679 g/mol. The Labute approximate surface area is 314 Å². The van der Waals surface area contributed by atoms with E-state index in [0.717, 1.165) is 55.7 Å². The van der Waals surface area contributed by atoms with Gasteiger partial charge >= 0.3 is 0 Å². The number of benzene rings is 6. The fraction of sp³-hybridized carbons (Fsp3) is 0.0208. The maximum Gasteiger partial charge on any atom is 0.188 e. The molecule has 0 radical (unpaired) electrons. The maximum atomic E-state index is 7.79. The zero-order valence-electron chi connectivity index (χ0n) is 28.7. The van der Waals surface area contributed by atoms with E-state index in [2.05, 4.69) is 154 Å². The van der Waals surface area contributed by atoms with Gasteiger partial charge in [0.05, 0.1) is 56.8 Å². The Morgan fingerprint density at radius 3 is 1.44 bits per heavy atom. The molecule has 12 rings (SSSR count). The Morgan fingerprint density at radius 1 is 0.463 bits per heavy atom. The molecule has 0 N–H and O–H groups in total. The fourth-order valence-corrected chi connectivity index (χ4v) is 10.8. The average Bonchev–Trinajstić information content (AvgIpc) is 3.85. The standard InChI is InChI=1S/C48H27N5S/c1-49-29-24-25-41-33(28-29)32-14-4-7-21-40(32)53(41)43-23-9-16-37-47(43)54-46-36(48(37)34-17-10-26-50-44(34)45-35(48)18-11-27-51-45)15-8-22-42(46)52-38-19-5-2-12-30(38)31-13-3-6-20-39(31)52/h2-28H. The zero-order valence-corrected chi connectivity index (χ0v) is 29.5. The van der Waals surface area contributed by atoms with Crippen LogP contribution in [-0.2, 0) is 5.41 Å². The van der Waals surface area contributed by atoms with Crippen LogP contribution < -0.4 is 0 Å². The van der Waals surface area contributed by atoms with Crippen molar-refractivity contribution in [2.24, 2.45) is 0 Å². The molecule has 1 aliphatic carbocycles. The average molecular weight is 706 g/mol. The molecule has 0 bridgehead atoms. The second-order valence-corrected chi connectivity index (χ2v) is 15.0. The normalized spacial score (nSPS) is 13.6. The lowest BCUT2D eigenvalue weighted by Gasteiger charge is -2.40. The molecule has 54 heavy (non-hydrogen) atoms. The number of fused-ring (bicyclic) bond motifs is 15. The molecule has 2 aliphatic rings. The number of rotatable bonds is 2. The summed E-state index contributed by atoms with van der Waals surface area (Å²) in [5.74, 6) is 0. The largest absolute Gasteiger partial charge is 0.308 e. The predicted octanol–water partition coefficient (Wildman–Crippen LogP) is 12.0. The van der Waals surface area contributed by atoms with Gasteiger partial charge in [-0.05, 0) is 82.2 Å². The molecule has 6 aromatic carbocycles. The van der Waals surface area contributed by atoms with Crippen molar-refractivity contribution in [3.63, 3.8) is 0 Å². The van der Waals surface area contributed by atoms with E-state index in [1.807, 2.05) is 36.3 Å². The van der Waals surface area contributed by atoms with Gasteiger partial charge in [0.25, 0.3) is 0 Å². The molecule has 0 amide bonds. The SMILES string of the molecule is [C-]#[N+]c1ccc2c(c1)c1ccccc1n2-c1cccc2c1Sc1c(-n3c4ccccc4c4ccccc43)cccc1C21c2cccnc2-c2ncccc21. The summed E-state index contributed by atoms with van der Waals surface area (Å²) < 4.78 is 4.85. The molecule has 1 aliphatic heterocycles.